The molecule has 128 valence electrons. The average Bonchev–Trinajstić information content (AvgIpc) is 2.50. The summed E-state index contributed by atoms with van der Waals surface area (Å²) in [5.41, 5.74) is 7.97. The normalized spacial score (nSPS) is 10.4. The molecule has 0 aromatic heterocycles. The molecular formula is C17H20Cl2N4O. The second kappa shape index (κ2) is 9.37. The van der Waals surface area contributed by atoms with Crippen molar-refractivity contribution in [1.82, 2.24) is 10.6 Å². The van der Waals surface area contributed by atoms with Crippen molar-refractivity contribution >= 4 is 40.6 Å². The van der Waals surface area contributed by atoms with Crippen LogP contribution in [0.2, 0.25) is 10.0 Å². The van der Waals surface area contributed by atoms with Gasteiger partial charge in [0.15, 0.2) is 0 Å². The molecule has 0 unspecified atom stereocenters. The van der Waals surface area contributed by atoms with Crippen molar-refractivity contribution in [2.45, 2.75) is 13.0 Å². The zero-order valence-electron chi connectivity index (χ0n) is 13.1. The van der Waals surface area contributed by atoms with Gasteiger partial charge in [0.2, 0.25) is 0 Å². The first-order chi connectivity index (χ1) is 11.5. The molecule has 0 atom stereocenters. The van der Waals surface area contributed by atoms with Crippen molar-refractivity contribution < 1.29 is 4.79 Å². The van der Waals surface area contributed by atoms with Gasteiger partial charge in [0.25, 0.3) is 0 Å². The van der Waals surface area contributed by atoms with Gasteiger partial charge in [-0.2, -0.15) is 0 Å². The third-order valence-corrected chi connectivity index (χ3v) is 3.65. The average molecular weight is 367 g/mol. The predicted octanol–water partition coefficient (Wildman–Crippen LogP) is 3.88. The molecule has 0 aliphatic heterocycles. The van der Waals surface area contributed by atoms with E-state index in [1.165, 1.54) is 0 Å². The zero-order valence-corrected chi connectivity index (χ0v) is 14.6. The summed E-state index contributed by atoms with van der Waals surface area (Å²) in [4.78, 5) is 11.7. The van der Waals surface area contributed by atoms with Gasteiger partial charge in [0.05, 0.1) is 0 Å². The van der Waals surface area contributed by atoms with Gasteiger partial charge in [-0.05, 0) is 54.9 Å². The molecule has 0 saturated heterocycles. The Morgan fingerprint density at radius 1 is 1.04 bits per heavy atom. The first kappa shape index (κ1) is 18.4. The molecule has 0 aliphatic carbocycles. The van der Waals surface area contributed by atoms with Crippen LogP contribution >= 0.6 is 23.2 Å². The van der Waals surface area contributed by atoms with Gasteiger partial charge in [-0.25, -0.2) is 4.79 Å². The first-order valence-corrected chi connectivity index (χ1v) is 8.34. The number of hydrogen-bond acceptors (Lipinski definition) is 3. The van der Waals surface area contributed by atoms with Crippen molar-refractivity contribution in [3.05, 3.63) is 58.1 Å². The number of carbonyl (C=O) groups is 1. The van der Waals surface area contributed by atoms with Gasteiger partial charge in [-0.15, -0.1) is 0 Å². The van der Waals surface area contributed by atoms with Crippen molar-refractivity contribution in [3.63, 3.8) is 0 Å². The van der Waals surface area contributed by atoms with Gasteiger partial charge in [0.1, 0.15) is 0 Å². The van der Waals surface area contributed by atoms with E-state index in [0.29, 0.717) is 34.5 Å². The Bertz CT molecular complexity index is 674. The second-order valence-corrected chi connectivity index (χ2v) is 6.19. The Hall–Kier alpha value is -1.95. The summed E-state index contributed by atoms with van der Waals surface area (Å²) >= 11 is 11.9. The van der Waals surface area contributed by atoms with Crippen LogP contribution in [0.3, 0.4) is 0 Å². The van der Waals surface area contributed by atoms with E-state index >= 15 is 0 Å². The minimum atomic E-state index is -0.248. The van der Waals surface area contributed by atoms with Crippen LogP contribution in [-0.4, -0.2) is 19.1 Å². The summed E-state index contributed by atoms with van der Waals surface area (Å²) in [6.45, 7) is 2.01. The molecular weight excluding hydrogens is 347 g/mol. The van der Waals surface area contributed by atoms with Crippen molar-refractivity contribution in [1.29, 1.82) is 0 Å². The molecule has 0 saturated carbocycles. The number of anilines is 2. The summed E-state index contributed by atoms with van der Waals surface area (Å²) < 4.78 is 0. The molecule has 24 heavy (non-hydrogen) atoms. The predicted molar refractivity (Wildman–Crippen MR) is 101 cm³/mol. The van der Waals surface area contributed by atoms with E-state index < -0.39 is 0 Å². The van der Waals surface area contributed by atoms with Crippen LogP contribution in [-0.2, 0) is 6.54 Å². The topological polar surface area (TPSA) is 79.2 Å². The Morgan fingerprint density at radius 2 is 1.79 bits per heavy atom. The van der Waals surface area contributed by atoms with E-state index in [0.717, 1.165) is 18.5 Å². The van der Waals surface area contributed by atoms with Gasteiger partial charge in [-0.1, -0.05) is 29.3 Å². The fraction of sp³-hybridized carbons (Fsp3) is 0.235. The zero-order chi connectivity index (χ0) is 17.4. The fourth-order valence-electron chi connectivity index (χ4n) is 2.15. The van der Waals surface area contributed by atoms with Crippen molar-refractivity contribution in [3.8, 4) is 0 Å². The third kappa shape index (κ3) is 6.66. The number of nitrogens with one attached hydrogen (secondary N) is 3. The van der Waals surface area contributed by atoms with Crippen LogP contribution in [0.15, 0.2) is 42.5 Å². The summed E-state index contributed by atoms with van der Waals surface area (Å²) in [7, 11) is 0. The van der Waals surface area contributed by atoms with E-state index in [9.17, 15) is 4.79 Å². The van der Waals surface area contributed by atoms with Gasteiger partial charge in [0, 0.05) is 34.5 Å². The lowest BCUT2D eigenvalue weighted by molar-refractivity contribution is 0.252. The van der Waals surface area contributed by atoms with Gasteiger partial charge >= 0.3 is 6.03 Å². The summed E-state index contributed by atoms with van der Waals surface area (Å²) in [5, 5.41) is 10.1. The maximum Gasteiger partial charge on any atom is 0.319 e. The highest BCUT2D eigenvalue weighted by atomic mass is 35.5. The lowest BCUT2D eigenvalue weighted by Gasteiger charge is -2.09. The smallest absolute Gasteiger partial charge is 0.319 e. The minimum Gasteiger partial charge on any atom is -0.399 e. The van der Waals surface area contributed by atoms with Crippen LogP contribution in [0.25, 0.3) is 0 Å². The molecule has 0 bridgehead atoms. The van der Waals surface area contributed by atoms with E-state index in [2.05, 4.69) is 16.0 Å². The molecule has 0 aliphatic rings. The SMILES string of the molecule is Nc1cccc(NC(=O)NCCCNCc2cc(Cl)cc(Cl)c2)c1. The van der Waals surface area contributed by atoms with Crippen LogP contribution in [0.1, 0.15) is 12.0 Å². The highest BCUT2D eigenvalue weighted by Gasteiger charge is 2.01. The number of benzene rings is 2. The number of hydrogen-bond donors (Lipinski definition) is 4. The fourth-order valence-corrected chi connectivity index (χ4v) is 2.72. The van der Waals surface area contributed by atoms with Gasteiger partial charge in [-0.3, -0.25) is 0 Å². The largest absolute Gasteiger partial charge is 0.399 e. The summed E-state index contributed by atoms with van der Waals surface area (Å²) in [6, 6.07) is 12.2. The molecule has 5 nitrogen and oxygen atoms in total. The number of rotatable bonds is 7. The first-order valence-electron chi connectivity index (χ1n) is 7.59. The van der Waals surface area contributed by atoms with Crippen LogP contribution < -0.4 is 21.7 Å². The Morgan fingerprint density at radius 3 is 2.50 bits per heavy atom. The number of urea groups is 1. The van der Waals surface area contributed by atoms with Crippen molar-refractivity contribution in [2.75, 3.05) is 24.1 Å². The highest BCUT2D eigenvalue weighted by molar-refractivity contribution is 6.34. The molecule has 0 fully saturated rings. The standard InChI is InChI=1S/C17H20Cl2N4O/c18-13-7-12(8-14(19)9-13)11-21-5-2-6-22-17(24)23-16-4-1-3-15(20)10-16/h1,3-4,7-10,21H,2,5-6,11,20H2,(H2,22,23,24). The molecule has 0 spiro atoms. The Kier molecular flexibility index (Phi) is 7.18. The molecule has 2 aromatic carbocycles. The van der Waals surface area contributed by atoms with E-state index in [-0.39, 0.29) is 6.03 Å². The molecule has 7 heteroatoms. The number of amides is 2. The second-order valence-electron chi connectivity index (χ2n) is 5.31. The number of nitrogens with two attached hydrogens (primary N) is 1. The molecule has 5 N–H and O–H groups in total. The quantitative estimate of drug-likeness (QED) is 0.443. The maximum absolute atomic E-state index is 11.7. The van der Waals surface area contributed by atoms with E-state index in [1.807, 2.05) is 12.1 Å². The number of carbonyl (C=O) groups excluding carboxylic acids is 1. The monoisotopic (exact) mass is 366 g/mol. The van der Waals surface area contributed by atoms with Gasteiger partial charge < -0.3 is 21.7 Å². The molecule has 2 amide bonds. The van der Waals surface area contributed by atoms with Crippen LogP contribution in [0.5, 0.6) is 0 Å². The Balaban J connectivity index is 1.60. The molecule has 2 aromatic rings. The van der Waals surface area contributed by atoms with E-state index in [1.54, 1.807) is 30.3 Å². The van der Waals surface area contributed by atoms with Crippen molar-refractivity contribution in [2.24, 2.45) is 0 Å². The maximum atomic E-state index is 11.7. The lowest BCUT2D eigenvalue weighted by atomic mass is 10.2. The molecule has 0 radical (unpaired) electrons. The number of halogens is 2. The Labute approximate surface area is 151 Å². The third-order valence-electron chi connectivity index (χ3n) is 3.21. The summed E-state index contributed by atoms with van der Waals surface area (Å²) in [6.07, 6.45) is 0.804. The van der Waals surface area contributed by atoms with E-state index in [4.69, 9.17) is 28.9 Å². The summed E-state index contributed by atoms with van der Waals surface area (Å²) in [5.74, 6) is 0. The number of nitrogen functional groups attached to an aromatic ring is 1. The highest BCUT2D eigenvalue weighted by Crippen LogP contribution is 2.18. The van der Waals surface area contributed by atoms with Crippen LogP contribution in [0, 0.1) is 0 Å². The van der Waals surface area contributed by atoms with Crippen LogP contribution in [0.4, 0.5) is 16.2 Å². The molecule has 0 heterocycles. The minimum absolute atomic E-state index is 0.248. The lowest BCUT2D eigenvalue weighted by Crippen LogP contribution is -2.31. The molecule has 2 rings (SSSR count).